The van der Waals surface area contributed by atoms with Crippen LogP contribution in [0, 0.1) is 6.92 Å². The smallest absolute Gasteiger partial charge is 0.225 e. The lowest BCUT2D eigenvalue weighted by atomic mass is 10.2. The van der Waals surface area contributed by atoms with E-state index in [0.717, 1.165) is 33.8 Å². The van der Waals surface area contributed by atoms with Crippen LogP contribution in [0.3, 0.4) is 0 Å². The van der Waals surface area contributed by atoms with Crippen LogP contribution in [0.15, 0.2) is 55.2 Å². The summed E-state index contributed by atoms with van der Waals surface area (Å²) < 4.78 is 8.10. The minimum Gasteiger partial charge on any atom is -0.457 e. The van der Waals surface area contributed by atoms with E-state index in [4.69, 9.17) is 4.74 Å². The molecule has 0 amide bonds. The molecule has 0 unspecified atom stereocenters. The largest absolute Gasteiger partial charge is 0.457 e. The monoisotopic (exact) mass is 426 g/mol. The average molecular weight is 426 g/mol. The van der Waals surface area contributed by atoms with Gasteiger partial charge in [0.15, 0.2) is 5.82 Å². The highest BCUT2D eigenvalue weighted by Crippen LogP contribution is 2.30. The van der Waals surface area contributed by atoms with Crippen molar-refractivity contribution in [1.29, 1.82) is 0 Å². The van der Waals surface area contributed by atoms with Gasteiger partial charge in [-0.3, -0.25) is 0 Å². The van der Waals surface area contributed by atoms with Crippen LogP contribution in [0.4, 0.5) is 17.5 Å². The van der Waals surface area contributed by atoms with Crippen LogP contribution < -0.4 is 15.0 Å². The molecular formula is C23H22N8O. The van der Waals surface area contributed by atoms with Crippen molar-refractivity contribution in [2.75, 3.05) is 24.3 Å². The van der Waals surface area contributed by atoms with Gasteiger partial charge in [0.1, 0.15) is 28.9 Å². The molecule has 5 aromatic rings. The van der Waals surface area contributed by atoms with Crippen LogP contribution in [0.25, 0.3) is 22.1 Å². The summed E-state index contributed by atoms with van der Waals surface area (Å²) in [5.41, 5.74) is 5.16. The minimum atomic E-state index is 0.597. The van der Waals surface area contributed by atoms with Gasteiger partial charge in [-0.2, -0.15) is 0 Å². The second kappa shape index (κ2) is 7.77. The number of rotatable bonds is 5. The van der Waals surface area contributed by atoms with Crippen LogP contribution in [-0.4, -0.2) is 43.6 Å². The molecule has 3 aromatic heterocycles. The summed E-state index contributed by atoms with van der Waals surface area (Å²) in [6.07, 6.45) is 5.00. The molecule has 9 nitrogen and oxygen atoms in total. The van der Waals surface area contributed by atoms with Gasteiger partial charge in [-0.15, -0.1) is 0 Å². The van der Waals surface area contributed by atoms with Crippen LogP contribution in [0.1, 0.15) is 5.56 Å². The number of fused-ring (bicyclic) bond motifs is 2. The van der Waals surface area contributed by atoms with Gasteiger partial charge in [-0.1, -0.05) is 0 Å². The predicted octanol–water partition coefficient (Wildman–Crippen LogP) is 4.22. The highest BCUT2D eigenvalue weighted by Gasteiger charge is 2.11. The van der Waals surface area contributed by atoms with Crippen LogP contribution in [0.2, 0.25) is 0 Å². The molecule has 0 fully saturated rings. The number of hydrogen-bond donors (Lipinski definition) is 1. The summed E-state index contributed by atoms with van der Waals surface area (Å²) in [5, 5.41) is 3.34. The number of hydrogen-bond acceptors (Lipinski definition) is 8. The van der Waals surface area contributed by atoms with E-state index < -0.39 is 0 Å². The molecule has 1 N–H and O–H groups in total. The van der Waals surface area contributed by atoms with E-state index in [1.165, 1.54) is 6.33 Å². The van der Waals surface area contributed by atoms with Crippen molar-refractivity contribution >= 4 is 39.5 Å². The normalized spacial score (nSPS) is 11.1. The Hall–Kier alpha value is -4.27. The number of benzene rings is 2. The molecule has 0 radical (unpaired) electrons. The van der Waals surface area contributed by atoms with Crippen molar-refractivity contribution in [2.45, 2.75) is 6.92 Å². The topological polar surface area (TPSA) is 93.9 Å². The van der Waals surface area contributed by atoms with Crippen molar-refractivity contribution < 1.29 is 4.74 Å². The van der Waals surface area contributed by atoms with E-state index in [0.29, 0.717) is 22.8 Å². The van der Waals surface area contributed by atoms with E-state index in [2.05, 4.69) is 30.2 Å². The zero-order chi connectivity index (χ0) is 22.2. The van der Waals surface area contributed by atoms with Crippen molar-refractivity contribution in [3.8, 4) is 11.5 Å². The number of nitrogens with zero attached hydrogens (tertiary/aromatic N) is 7. The van der Waals surface area contributed by atoms with Crippen LogP contribution in [0.5, 0.6) is 11.5 Å². The molecule has 32 heavy (non-hydrogen) atoms. The summed E-state index contributed by atoms with van der Waals surface area (Å²) in [6, 6.07) is 11.8. The fraction of sp³-hybridized carbons (Fsp3) is 0.174. The van der Waals surface area contributed by atoms with Crippen molar-refractivity contribution in [2.24, 2.45) is 7.05 Å². The average Bonchev–Trinajstić information content (AvgIpc) is 3.15. The van der Waals surface area contributed by atoms with Gasteiger partial charge in [-0.05, 0) is 42.8 Å². The second-order valence-corrected chi connectivity index (χ2v) is 7.73. The molecule has 160 valence electrons. The zero-order valence-corrected chi connectivity index (χ0v) is 18.2. The summed E-state index contributed by atoms with van der Waals surface area (Å²) in [6.45, 7) is 2.00. The predicted molar refractivity (Wildman–Crippen MR) is 125 cm³/mol. The molecule has 2 aromatic carbocycles. The van der Waals surface area contributed by atoms with Gasteiger partial charge in [0.05, 0.1) is 23.6 Å². The Morgan fingerprint density at radius 2 is 1.84 bits per heavy atom. The summed E-state index contributed by atoms with van der Waals surface area (Å²) in [4.78, 5) is 23.8. The molecule has 0 saturated carbocycles. The zero-order valence-electron chi connectivity index (χ0n) is 18.2. The van der Waals surface area contributed by atoms with Gasteiger partial charge in [0, 0.05) is 32.9 Å². The summed E-state index contributed by atoms with van der Waals surface area (Å²) in [7, 11) is 5.76. The molecule has 3 heterocycles. The highest BCUT2D eigenvalue weighted by atomic mass is 16.5. The standard InChI is InChI=1S/C23H22N8O/c1-14-9-15(28-22-21-18(25-12-26-22)11-24-23(29-21)30(2)3)5-8-20(14)32-16-6-7-19-17(10-16)27-13-31(19)4/h5-13H,1-4H3,(H,25,26,28). The van der Waals surface area contributed by atoms with Crippen molar-refractivity contribution in [3.63, 3.8) is 0 Å². The maximum Gasteiger partial charge on any atom is 0.225 e. The first-order valence-electron chi connectivity index (χ1n) is 10.1. The number of imidazole rings is 1. The Bertz CT molecular complexity index is 1440. The molecule has 9 heteroatoms. The van der Waals surface area contributed by atoms with Gasteiger partial charge in [0.2, 0.25) is 5.95 Å². The Labute approximate surface area is 184 Å². The van der Waals surface area contributed by atoms with E-state index in [9.17, 15) is 0 Å². The Kier molecular flexibility index (Phi) is 4.78. The number of anilines is 3. The molecule has 0 aliphatic rings. The molecule has 0 bridgehead atoms. The lowest BCUT2D eigenvalue weighted by Crippen LogP contribution is -2.13. The molecule has 0 aliphatic heterocycles. The van der Waals surface area contributed by atoms with E-state index in [-0.39, 0.29) is 0 Å². The lowest BCUT2D eigenvalue weighted by Gasteiger charge is -2.13. The molecule has 0 saturated heterocycles. The maximum absolute atomic E-state index is 6.12. The second-order valence-electron chi connectivity index (χ2n) is 7.73. The molecule has 0 spiro atoms. The molecular weight excluding hydrogens is 404 g/mol. The fourth-order valence-corrected chi connectivity index (χ4v) is 3.44. The first-order valence-corrected chi connectivity index (χ1v) is 10.1. The van der Waals surface area contributed by atoms with E-state index in [1.807, 2.05) is 73.9 Å². The summed E-state index contributed by atoms with van der Waals surface area (Å²) >= 11 is 0. The Morgan fingerprint density at radius 3 is 2.66 bits per heavy atom. The van der Waals surface area contributed by atoms with Crippen LogP contribution in [-0.2, 0) is 7.05 Å². The molecule has 5 rings (SSSR count). The Balaban J connectivity index is 1.41. The third-order valence-electron chi connectivity index (χ3n) is 5.13. The van der Waals surface area contributed by atoms with Gasteiger partial charge in [0.25, 0.3) is 0 Å². The number of ether oxygens (including phenoxy) is 1. The fourth-order valence-electron chi connectivity index (χ4n) is 3.44. The van der Waals surface area contributed by atoms with E-state index in [1.54, 1.807) is 12.5 Å². The first-order chi connectivity index (χ1) is 15.5. The van der Waals surface area contributed by atoms with Gasteiger partial charge >= 0.3 is 0 Å². The number of aromatic nitrogens is 6. The molecule has 0 aliphatic carbocycles. The highest BCUT2D eigenvalue weighted by molar-refractivity contribution is 5.87. The quantitative estimate of drug-likeness (QED) is 0.447. The van der Waals surface area contributed by atoms with E-state index >= 15 is 0 Å². The van der Waals surface area contributed by atoms with Gasteiger partial charge in [-0.25, -0.2) is 24.9 Å². The Morgan fingerprint density at radius 1 is 0.969 bits per heavy atom. The van der Waals surface area contributed by atoms with Crippen molar-refractivity contribution in [1.82, 2.24) is 29.5 Å². The van der Waals surface area contributed by atoms with Gasteiger partial charge < -0.3 is 19.5 Å². The first kappa shape index (κ1) is 19.7. The maximum atomic E-state index is 6.12. The summed E-state index contributed by atoms with van der Waals surface area (Å²) in [5.74, 6) is 2.74. The molecule has 0 atom stereocenters. The van der Waals surface area contributed by atoms with Crippen molar-refractivity contribution in [3.05, 3.63) is 60.8 Å². The third-order valence-corrected chi connectivity index (χ3v) is 5.13. The SMILES string of the molecule is Cc1cc(Nc2ncnc3cnc(N(C)C)nc23)ccc1Oc1ccc2c(c1)ncn2C. The third kappa shape index (κ3) is 3.64. The van der Waals surface area contributed by atoms with Crippen LogP contribution >= 0.6 is 0 Å². The minimum absolute atomic E-state index is 0.597. The lowest BCUT2D eigenvalue weighted by molar-refractivity contribution is 0.479. The number of nitrogens with one attached hydrogen (secondary N) is 1. The number of aryl methyl sites for hydroxylation is 2.